The van der Waals surface area contributed by atoms with Crippen LogP contribution in [0.4, 0.5) is 13.2 Å². The number of hydrogen-bond donors (Lipinski definition) is 1. The number of aliphatic carboxylic acids is 1. The molecule has 5 heteroatoms. The summed E-state index contributed by atoms with van der Waals surface area (Å²) >= 11 is 0. The van der Waals surface area contributed by atoms with Gasteiger partial charge in [-0.05, 0) is 16.3 Å². The molecule has 1 N–H and O–H groups in total. The van der Waals surface area contributed by atoms with Gasteiger partial charge in [0, 0.05) is 0 Å². The molecular weight excluding hydrogens is 257 g/mol. The van der Waals surface area contributed by atoms with Crippen LogP contribution in [0.2, 0.25) is 0 Å². The molecule has 2 nitrogen and oxygen atoms in total. The summed E-state index contributed by atoms with van der Waals surface area (Å²) in [7, 11) is 0. The third-order valence-corrected chi connectivity index (χ3v) is 2.95. The van der Waals surface area contributed by atoms with Crippen molar-refractivity contribution >= 4 is 16.7 Å². The number of hydrogen-bond acceptors (Lipinski definition) is 1. The van der Waals surface area contributed by atoms with E-state index < -0.39 is 24.5 Å². The maximum absolute atomic E-state index is 12.9. The highest BCUT2D eigenvalue weighted by molar-refractivity contribution is 5.83. The molecule has 0 spiro atoms. The quantitative estimate of drug-likeness (QED) is 0.914. The van der Waals surface area contributed by atoms with Crippen LogP contribution in [0.5, 0.6) is 0 Å². The Morgan fingerprint density at radius 3 is 2.32 bits per heavy atom. The Hall–Kier alpha value is -2.04. The molecule has 0 aliphatic heterocycles. The van der Waals surface area contributed by atoms with Crippen molar-refractivity contribution in [2.24, 2.45) is 0 Å². The number of alkyl halides is 3. The Bertz CT molecular complexity index is 605. The molecule has 2 rings (SSSR count). The lowest BCUT2D eigenvalue weighted by atomic mass is 9.93. The van der Waals surface area contributed by atoms with Gasteiger partial charge in [-0.15, -0.1) is 0 Å². The molecule has 0 aliphatic carbocycles. The maximum Gasteiger partial charge on any atom is 0.396 e. The van der Waals surface area contributed by atoms with Gasteiger partial charge in [0.05, 0.1) is 12.3 Å². The molecule has 2 aromatic carbocycles. The van der Waals surface area contributed by atoms with Gasteiger partial charge in [-0.25, -0.2) is 0 Å². The van der Waals surface area contributed by atoms with E-state index in [-0.39, 0.29) is 5.56 Å². The number of halogens is 3. The van der Waals surface area contributed by atoms with E-state index >= 15 is 0 Å². The molecule has 0 aromatic heterocycles. The molecule has 0 heterocycles. The summed E-state index contributed by atoms with van der Waals surface area (Å²) in [5.74, 6) is -3.44. The summed E-state index contributed by atoms with van der Waals surface area (Å²) in [6, 6.07) is 11.3. The van der Waals surface area contributed by atoms with E-state index in [1.807, 2.05) is 0 Å². The molecular formula is C14H11F3O2. The first-order valence-corrected chi connectivity index (χ1v) is 5.65. The monoisotopic (exact) mass is 268 g/mol. The molecule has 19 heavy (non-hydrogen) atoms. The number of rotatable bonds is 3. The van der Waals surface area contributed by atoms with Gasteiger partial charge >= 0.3 is 12.1 Å². The van der Waals surface area contributed by atoms with E-state index in [0.29, 0.717) is 5.39 Å². The van der Waals surface area contributed by atoms with E-state index in [4.69, 9.17) is 5.11 Å². The van der Waals surface area contributed by atoms with Crippen molar-refractivity contribution in [3.05, 3.63) is 48.0 Å². The average Bonchev–Trinajstić information content (AvgIpc) is 2.34. The smallest absolute Gasteiger partial charge is 0.396 e. The molecule has 1 atom stereocenters. The van der Waals surface area contributed by atoms with Crippen LogP contribution < -0.4 is 0 Å². The van der Waals surface area contributed by atoms with Crippen molar-refractivity contribution in [2.45, 2.75) is 18.5 Å². The molecule has 0 fully saturated rings. The van der Waals surface area contributed by atoms with E-state index in [2.05, 4.69) is 0 Å². The zero-order valence-corrected chi connectivity index (χ0v) is 9.82. The van der Waals surface area contributed by atoms with Crippen LogP contribution in [0.15, 0.2) is 42.5 Å². The third-order valence-electron chi connectivity index (χ3n) is 2.95. The molecule has 0 bridgehead atoms. The van der Waals surface area contributed by atoms with Crippen LogP contribution in [-0.2, 0) is 4.79 Å². The first-order chi connectivity index (χ1) is 8.88. The summed E-state index contributed by atoms with van der Waals surface area (Å²) < 4.78 is 38.7. The number of fused-ring (bicyclic) bond motifs is 1. The van der Waals surface area contributed by atoms with Crippen molar-refractivity contribution in [1.82, 2.24) is 0 Å². The van der Waals surface area contributed by atoms with Gasteiger partial charge in [0.1, 0.15) is 0 Å². The van der Waals surface area contributed by atoms with Crippen molar-refractivity contribution in [1.29, 1.82) is 0 Å². The summed E-state index contributed by atoms with van der Waals surface area (Å²) in [5, 5.41) is 10.1. The van der Waals surface area contributed by atoms with Crippen molar-refractivity contribution in [3.8, 4) is 0 Å². The fourth-order valence-electron chi connectivity index (χ4n) is 2.02. The zero-order valence-electron chi connectivity index (χ0n) is 9.82. The Labute approximate surface area is 107 Å². The number of carbonyl (C=O) groups is 1. The van der Waals surface area contributed by atoms with Crippen molar-refractivity contribution in [2.75, 3.05) is 0 Å². The third kappa shape index (κ3) is 3.05. The van der Waals surface area contributed by atoms with Crippen LogP contribution in [0.1, 0.15) is 17.9 Å². The Morgan fingerprint density at radius 2 is 1.74 bits per heavy atom. The fraction of sp³-hybridized carbons (Fsp3) is 0.214. The lowest BCUT2D eigenvalue weighted by molar-refractivity contribution is -0.163. The molecule has 0 amide bonds. The minimum absolute atomic E-state index is 0.0198. The number of carboxylic acid groups (broad SMARTS) is 1. The Morgan fingerprint density at radius 1 is 1.11 bits per heavy atom. The highest BCUT2D eigenvalue weighted by Gasteiger charge is 2.42. The second kappa shape index (κ2) is 4.91. The average molecular weight is 268 g/mol. The van der Waals surface area contributed by atoms with Crippen LogP contribution >= 0.6 is 0 Å². The van der Waals surface area contributed by atoms with Crippen molar-refractivity contribution in [3.63, 3.8) is 0 Å². The van der Waals surface area contributed by atoms with Gasteiger partial charge < -0.3 is 5.11 Å². The SMILES string of the molecule is O=C(O)CC(c1ccc2ccccc2c1)C(F)(F)F. The Balaban J connectivity index is 2.46. The number of benzene rings is 2. The number of carboxylic acids is 1. The molecule has 0 saturated heterocycles. The maximum atomic E-state index is 12.9. The molecule has 1 unspecified atom stereocenters. The van der Waals surface area contributed by atoms with Gasteiger partial charge in [0.15, 0.2) is 0 Å². The van der Waals surface area contributed by atoms with Crippen LogP contribution in [-0.4, -0.2) is 17.3 Å². The predicted octanol–water partition coefficient (Wildman–Crippen LogP) is 3.96. The minimum Gasteiger partial charge on any atom is -0.481 e. The lowest BCUT2D eigenvalue weighted by Crippen LogP contribution is -2.23. The standard InChI is InChI=1S/C14H11F3O2/c15-14(16,17)12(8-13(18)19)11-6-5-9-3-1-2-4-10(9)7-11/h1-7,12H,8H2,(H,18,19). The molecule has 0 aliphatic rings. The van der Waals surface area contributed by atoms with Gasteiger partial charge in [-0.2, -0.15) is 13.2 Å². The summed E-state index contributed by atoms with van der Waals surface area (Å²) in [6.45, 7) is 0. The van der Waals surface area contributed by atoms with Gasteiger partial charge in [-0.1, -0.05) is 42.5 Å². The Kier molecular flexibility index (Phi) is 3.46. The fourth-order valence-corrected chi connectivity index (χ4v) is 2.02. The van der Waals surface area contributed by atoms with Gasteiger partial charge in [0.25, 0.3) is 0 Å². The zero-order chi connectivity index (χ0) is 14.0. The summed E-state index contributed by atoms with van der Waals surface area (Å²) in [6.07, 6.45) is -5.53. The van der Waals surface area contributed by atoms with Crippen LogP contribution in [0, 0.1) is 0 Å². The summed E-state index contributed by atoms with van der Waals surface area (Å²) in [4.78, 5) is 10.6. The molecule has 0 saturated carbocycles. The highest BCUT2D eigenvalue weighted by atomic mass is 19.4. The second-order valence-corrected chi connectivity index (χ2v) is 4.30. The van der Waals surface area contributed by atoms with Crippen LogP contribution in [0.25, 0.3) is 10.8 Å². The van der Waals surface area contributed by atoms with E-state index in [1.54, 1.807) is 30.3 Å². The van der Waals surface area contributed by atoms with E-state index in [1.165, 1.54) is 12.1 Å². The largest absolute Gasteiger partial charge is 0.481 e. The molecule has 100 valence electrons. The van der Waals surface area contributed by atoms with Gasteiger partial charge in [-0.3, -0.25) is 4.79 Å². The van der Waals surface area contributed by atoms with Crippen LogP contribution in [0.3, 0.4) is 0 Å². The molecule has 2 aromatic rings. The lowest BCUT2D eigenvalue weighted by Gasteiger charge is -2.19. The highest BCUT2D eigenvalue weighted by Crippen LogP contribution is 2.38. The normalized spacial score (nSPS) is 13.4. The molecule has 0 radical (unpaired) electrons. The summed E-state index contributed by atoms with van der Waals surface area (Å²) in [5.41, 5.74) is -0.0198. The predicted molar refractivity (Wildman–Crippen MR) is 65.0 cm³/mol. The first-order valence-electron chi connectivity index (χ1n) is 5.65. The van der Waals surface area contributed by atoms with E-state index in [9.17, 15) is 18.0 Å². The first kappa shape index (κ1) is 13.4. The second-order valence-electron chi connectivity index (χ2n) is 4.30. The van der Waals surface area contributed by atoms with E-state index in [0.717, 1.165) is 5.39 Å². The van der Waals surface area contributed by atoms with Gasteiger partial charge in [0.2, 0.25) is 0 Å². The topological polar surface area (TPSA) is 37.3 Å². The van der Waals surface area contributed by atoms with Crippen molar-refractivity contribution < 1.29 is 23.1 Å². The minimum atomic E-state index is -4.57.